The summed E-state index contributed by atoms with van der Waals surface area (Å²) < 4.78 is 1.15. The van der Waals surface area contributed by atoms with Crippen LogP contribution in [-0.2, 0) is 0 Å². The zero-order valence-electron chi connectivity index (χ0n) is 10.8. The average Bonchev–Trinajstić information content (AvgIpc) is 2.33. The summed E-state index contributed by atoms with van der Waals surface area (Å²) in [5.41, 5.74) is 1.46. The molecule has 1 aromatic rings. The van der Waals surface area contributed by atoms with Crippen molar-refractivity contribution in [2.75, 3.05) is 0 Å². The highest BCUT2D eigenvalue weighted by Crippen LogP contribution is 2.37. The van der Waals surface area contributed by atoms with Crippen LogP contribution >= 0.6 is 15.9 Å². The largest absolute Gasteiger partial charge is 0.310 e. The molecule has 1 nitrogen and oxygen atoms in total. The molecule has 96 valence electrons. The van der Waals surface area contributed by atoms with Gasteiger partial charge in [-0.1, -0.05) is 35.0 Å². The number of benzene rings is 1. The third kappa shape index (κ3) is 3.37. The monoisotopic (exact) mass is 305 g/mol. The Hall–Kier alpha value is -0.780. The molecular weight excluding hydrogens is 286 g/mol. The highest BCUT2D eigenvalue weighted by atomic mass is 79.9. The van der Waals surface area contributed by atoms with E-state index in [-0.39, 0.29) is 0 Å². The molecule has 1 aliphatic rings. The molecule has 1 saturated carbocycles. The highest BCUT2D eigenvalue weighted by Gasteiger charge is 2.30. The van der Waals surface area contributed by atoms with Crippen molar-refractivity contribution in [3.8, 4) is 12.3 Å². The molecule has 0 aliphatic heterocycles. The molecule has 1 N–H and O–H groups in total. The van der Waals surface area contributed by atoms with Gasteiger partial charge >= 0.3 is 0 Å². The van der Waals surface area contributed by atoms with Gasteiger partial charge in [0.15, 0.2) is 0 Å². The predicted molar refractivity (Wildman–Crippen MR) is 80.6 cm³/mol. The summed E-state index contributed by atoms with van der Waals surface area (Å²) in [5, 5.41) is 3.66. The van der Waals surface area contributed by atoms with Crippen molar-refractivity contribution in [3.63, 3.8) is 0 Å². The molecule has 0 bridgehead atoms. The van der Waals surface area contributed by atoms with Gasteiger partial charge < -0.3 is 5.32 Å². The molecule has 1 aliphatic carbocycles. The van der Waals surface area contributed by atoms with Crippen LogP contribution in [0.25, 0.3) is 0 Å². The smallest absolute Gasteiger partial charge is 0.0240 e. The molecule has 0 radical (unpaired) electrons. The summed E-state index contributed by atoms with van der Waals surface area (Å²) in [5.74, 6) is 3.47. The summed E-state index contributed by atoms with van der Waals surface area (Å²) in [6, 6.07) is 9.85. The van der Waals surface area contributed by atoms with E-state index in [1.54, 1.807) is 0 Å². The van der Waals surface area contributed by atoms with E-state index in [1.165, 1.54) is 18.4 Å². The molecule has 2 rings (SSSR count). The summed E-state index contributed by atoms with van der Waals surface area (Å²) in [6.45, 7) is 2.19. The minimum absolute atomic E-state index is 0.492. The molecule has 1 atom stereocenters. The summed E-state index contributed by atoms with van der Waals surface area (Å²) >= 11 is 3.47. The highest BCUT2D eigenvalue weighted by molar-refractivity contribution is 9.10. The standard InChI is InChI=1S/C16H20BrN/c1-3-5-15(4-2)18-16-10-13(11-16)12-6-8-14(17)9-7-12/h1,6-9,13,15-16,18H,4-5,10-11H2,2H3. The lowest BCUT2D eigenvalue weighted by Gasteiger charge is -2.38. The molecule has 1 aromatic carbocycles. The quantitative estimate of drug-likeness (QED) is 0.808. The molecule has 1 unspecified atom stereocenters. The Morgan fingerprint density at radius 2 is 2.06 bits per heavy atom. The van der Waals surface area contributed by atoms with Crippen molar-refractivity contribution in [1.29, 1.82) is 0 Å². The molecule has 0 saturated heterocycles. The van der Waals surface area contributed by atoms with Crippen molar-refractivity contribution in [2.24, 2.45) is 0 Å². The third-order valence-corrected chi connectivity index (χ3v) is 4.34. The van der Waals surface area contributed by atoms with Gasteiger partial charge in [0.05, 0.1) is 0 Å². The molecule has 0 amide bonds. The number of rotatable bonds is 5. The zero-order valence-corrected chi connectivity index (χ0v) is 12.4. The van der Waals surface area contributed by atoms with Crippen molar-refractivity contribution < 1.29 is 0 Å². The van der Waals surface area contributed by atoms with Gasteiger partial charge in [-0.05, 0) is 42.9 Å². The molecule has 18 heavy (non-hydrogen) atoms. The molecular formula is C16H20BrN. The summed E-state index contributed by atoms with van der Waals surface area (Å²) in [7, 11) is 0. The van der Waals surface area contributed by atoms with E-state index in [2.05, 4.69) is 58.4 Å². The SMILES string of the molecule is C#CCC(CC)NC1CC(c2ccc(Br)cc2)C1. The first-order valence-corrected chi connectivity index (χ1v) is 7.47. The first kappa shape index (κ1) is 13.6. The topological polar surface area (TPSA) is 12.0 Å². The van der Waals surface area contributed by atoms with Crippen molar-refractivity contribution in [3.05, 3.63) is 34.3 Å². The van der Waals surface area contributed by atoms with E-state index in [0.29, 0.717) is 12.1 Å². The van der Waals surface area contributed by atoms with Gasteiger partial charge in [0.2, 0.25) is 0 Å². The normalized spacial score (nSPS) is 24.1. The molecule has 0 spiro atoms. The Labute approximate surface area is 118 Å². The van der Waals surface area contributed by atoms with Crippen LogP contribution in [0.15, 0.2) is 28.7 Å². The van der Waals surface area contributed by atoms with Crippen molar-refractivity contribution in [2.45, 2.75) is 50.6 Å². The van der Waals surface area contributed by atoms with Gasteiger partial charge in [0.25, 0.3) is 0 Å². The lowest BCUT2D eigenvalue weighted by atomic mass is 9.75. The Bertz CT molecular complexity index is 412. The number of halogens is 1. The van der Waals surface area contributed by atoms with E-state index in [9.17, 15) is 0 Å². The van der Waals surface area contributed by atoms with Gasteiger partial charge in [-0.3, -0.25) is 0 Å². The van der Waals surface area contributed by atoms with Gasteiger partial charge in [0.1, 0.15) is 0 Å². The van der Waals surface area contributed by atoms with E-state index < -0.39 is 0 Å². The lowest BCUT2D eigenvalue weighted by Crippen LogP contribution is -2.45. The van der Waals surface area contributed by atoms with Crippen LogP contribution in [0.1, 0.15) is 44.1 Å². The van der Waals surface area contributed by atoms with Gasteiger partial charge in [0, 0.05) is 23.0 Å². The van der Waals surface area contributed by atoms with Gasteiger partial charge in [-0.15, -0.1) is 12.3 Å². The Balaban J connectivity index is 1.80. The Kier molecular flexibility index (Phi) is 4.86. The third-order valence-electron chi connectivity index (χ3n) is 3.81. The average molecular weight is 306 g/mol. The maximum atomic E-state index is 5.38. The van der Waals surface area contributed by atoms with Crippen LogP contribution < -0.4 is 5.32 Å². The van der Waals surface area contributed by atoms with E-state index in [0.717, 1.165) is 23.2 Å². The second-order valence-corrected chi connectivity index (χ2v) is 6.01. The molecule has 2 heteroatoms. The minimum Gasteiger partial charge on any atom is -0.310 e. The number of terminal acetylenes is 1. The van der Waals surface area contributed by atoms with Crippen LogP contribution in [0.3, 0.4) is 0 Å². The fourth-order valence-electron chi connectivity index (χ4n) is 2.56. The number of hydrogen-bond donors (Lipinski definition) is 1. The van der Waals surface area contributed by atoms with Crippen LogP contribution in [-0.4, -0.2) is 12.1 Å². The van der Waals surface area contributed by atoms with Crippen LogP contribution in [0, 0.1) is 12.3 Å². The Morgan fingerprint density at radius 3 is 2.61 bits per heavy atom. The maximum absolute atomic E-state index is 5.38. The summed E-state index contributed by atoms with van der Waals surface area (Å²) in [6.07, 6.45) is 9.81. The first-order chi connectivity index (χ1) is 8.72. The second kappa shape index (κ2) is 6.41. The van der Waals surface area contributed by atoms with E-state index in [4.69, 9.17) is 6.42 Å². The second-order valence-electron chi connectivity index (χ2n) is 5.10. The van der Waals surface area contributed by atoms with Crippen molar-refractivity contribution in [1.82, 2.24) is 5.32 Å². The fraction of sp³-hybridized carbons (Fsp3) is 0.500. The minimum atomic E-state index is 0.492. The van der Waals surface area contributed by atoms with E-state index >= 15 is 0 Å². The van der Waals surface area contributed by atoms with Gasteiger partial charge in [-0.25, -0.2) is 0 Å². The van der Waals surface area contributed by atoms with Gasteiger partial charge in [-0.2, -0.15) is 0 Å². The molecule has 0 heterocycles. The predicted octanol–water partition coefficient (Wildman–Crippen LogP) is 4.09. The number of nitrogens with one attached hydrogen (secondary N) is 1. The lowest BCUT2D eigenvalue weighted by molar-refractivity contribution is 0.262. The van der Waals surface area contributed by atoms with Crippen molar-refractivity contribution >= 4 is 15.9 Å². The van der Waals surface area contributed by atoms with Crippen LogP contribution in [0.4, 0.5) is 0 Å². The maximum Gasteiger partial charge on any atom is 0.0240 e. The number of hydrogen-bond acceptors (Lipinski definition) is 1. The van der Waals surface area contributed by atoms with E-state index in [1.807, 2.05) is 0 Å². The first-order valence-electron chi connectivity index (χ1n) is 6.68. The Morgan fingerprint density at radius 1 is 1.39 bits per heavy atom. The van der Waals surface area contributed by atoms with Crippen LogP contribution in [0.5, 0.6) is 0 Å². The van der Waals surface area contributed by atoms with Crippen LogP contribution in [0.2, 0.25) is 0 Å². The zero-order chi connectivity index (χ0) is 13.0. The summed E-state index contributed by atoms with van der Waals surface area (Å²) in [4.78, 5) is 0. The molecule has 1 fully saturated rings. The molecule has 0 aromatic heterocycles. The fourth-order valence-corrected chi connectivity index (χ4v) is 2.82.